The number of nitrogens with zero attached hydrogens (tertiary/aromatic N) is 4. The van der Waals surface area contributed by atoms with Crippen molar-refractivity contribution < 1.29 is 19.1 Å². The molecule has 0 unspecified atom stereocenters. The van der Waals surface area contributed by atoms with Crippen molar-refractivity contribution in [2.24, 2.45) is 5.10 Å². The number of methoxy groups -OCH3 is 1. The lowest BCUT2D eigenvalue weighted by atomic mass is 9.98. The molecule has 2 amide bonds. The van der Waals surface area contributed by atoms with Crippen LogP contribution in [-0.4, -0.2) is 85.4 Å². The monoisotopic (exact) mass is 566 g/mol. The zero-order valence-corrected chi connectivity index (χ0v) is 23.4. The standard InChI is InChI=1S/C29H31ClN4O4S/c1-37-24-10-6-21(7-11-24)25-19-26(22-4-8-23(30)9-5-22)34(31-25)28(35)20-33(29(36)27-3-2-18-39-27)13-12-32-14-16-38-17-15-32/h2-11,18,26H,12-17,19-20H2,1H3/t26-/m1/s1. The van der Waals surface area contributed by atoms with E-state index in [2.05, 4.69) is 4.90 Å². The first kappa shape index (κ1) is 27.3. The van der Waals surface area contributed by atoms with Crippen LogP contribution in [0.2, 0.25) is 5.02 Å². The minimum Gasteiger partial charge on any atom is -0.497 e. The molecule has 204 valence electrons. The number of hydrazone groups is 1. The first-order chi connectivity index (χ1) is 19.0. The summed E-state index contributed by atoms with van der Waals surface area (Å²) < 4.78 is 10.7. The summed E-state index contributed by atoms with van der Waals surface area (Å²) >= 11 is 7.53. The molecule has 2 aliphatic rings. The predicted octanol–water partition coefficient (Wildman–Crippen LogP) is 4.56. The van der Waals surface area contributed by atoms with E-state index in [4.69, 9.17) is 26.2 Å². The van der Waals surface area contributed by atoms with Gasteiger partial charge in [0.25, 0.3) is 11.8 Å². The minimum absolute atomic E-state index is 0.0649. The maximum absolute atomic E-state index is 13.9. The number of ether oxygens (including phenoxy) is 2. The molecule has 0 radical (unpaired) electrons. The van der Waals surface area contributed by atoms with Crippen LogP contribution in [0.1, 0.15) is 33.3 Å². The van der Waals surface area contributed by atoms with E-state index >= 15 is 0 Å². The summed E-state index contributed by atoms with van der Waals surface area (Å²) in [5.41, 5.74) is 2.66. The van der Waals surface area contributed by atoms with Gasteiger partial charge in [0.1, 0.15) is 12.3 Å². The highest BCUT2D eigenvalue weighted by Crippen LogP contribution is 2.34. The molecule has 0 saturated carbocycles. The Hall–Kier alpha value is -3.24. The molecule has 1 saturated heterocycles. The van der Waals surface area contributed by atoms with E-state index in [1.165, 1.54) is 16.3 Å². The van der Waals surface area contributed by atoms with Crippen molar-refractivity contribution in [1.29, 1.82) is 0 Å². The molecule has 39 heavy (non-hydrogen) atoms. The summed E-state index contributed by atoms with van der Waals surface area (Å²) in [6, 6.07) is 18.5. The Bertz CT molecular complexity index is 1290. The lowest BCUT2D eigenvalue weighted by Crippen LogP contribution is -2.46. The van der Waals surface area contributed by atoms with E-state index in [1.807, 2.05) is 60.0 Å². The number of amides is 2. The number of hydrogen-bond donors (Lipinski definition) is 0. The van der Waals surface area contributed by atoms with Gasteiger partial charge in [-0.3, -0.25) is 14.5 Å². The molecule has 5 rings (SSSR count). The van der Waals surface area contributed by atoms with Crippen molar-refractivity contribution in [3.05, 3.63) is 87.1 Å². The smallest absolute Gasteiger partial charge is 0.264 e. The van der Waals surface area contributed by atoms with E-state index in [-0.39, 0.29) is 24.4 Å². The van der Waals surface area contributed by atoms with Crippen LogP contribution < -0.4 is 4.74 Å². The number of carbonyl (C=O) groups excluding carboxylic acids is 2. The van der Waals surface area contributed by atoms with Gasteiger partial charge in [-0.25, -0.2) is 5.01 Å². The fraction of sp³-hybridized carbons (Fsp3) is 0.345. The number of halogens is 1. The number of carbonyl (C=O) groups is 2. The van der Waals surface area contributed by atoms with Crippen molar-refractivity contribution >= 4 is 40.5 Å². The molecule has 0 spiro atoms. The largest absolute Gasteiger partial charge is 0.497 e. The number of benzene rings is 2. The van der Waals surface area contributed by atoms with Crippen LogP contribution in [0.4, 0.5) is 0 Å². The molecule has 3 aromatic rings. The molecule has 0 bridgehead atoms. The van der Waals surface area contributed by atoms with Gasteiger partial charge in [0.05, 0.1) is 37.0 Å². The molecule has 2 aromatic carbocycles. The van der Waals surface area contributed by atoms with Gasteiger partial charge in [-0.2, -0.15) is 5.10 Å². The van der Waals surface area contributed by atoms with Crippen molar-refractivity contribution in [3.63, 3.8) is 0 Å². The van der Waals surface area contributed by atoms with Gasteiger partial charge in [-0.05, 0) is 59.0 Å². The molecule has 8 nitrogen and oxygen atoms in total. The summed E-state index contributed by atoms with van der Waals surface area (Å²) in [4.78, 5) is 31.8. The fourth-order valence-corrected chi connectivity index (χ4v) is 5.59. The molecular formula is C29H31ClN4O4S. The van der Waals surface area contributed by atoms with Gasteiger partial charge >= 0.3 is 0 Å². The Morgan fingerprint density at radius 1 is 1.10 bits per heavy atom. The van der Waals surface area contributed by atoms with E-state index in [1.54, 1.807) is 18.1 Å². The van der Waals surface area contributed by atoms with Crippen molar-refractivity contribution in [2.75, 3.05) is 53.0 Å². The normalized spacial score (nSPS) is 17.6. The Balaban J connectivity index is 1.39. The van der Waals surface area contributed by atoms with E-state index < -0.39 is 0 Å². The highest BCUT2D eigenvalue weighted by atomic mass is 35.5. The molecule has 1 atom stereocenters. The summed E-state index contributed by atoms with van der Waals surface area (Å²) in [7, 11) is 1.63. The van der Waals surface area contributed by atoms with E-state index in [0.717, 1.165) is 35.7 Å². The van der Waals surface area contributed by atoms with Gasteiger partial charge in [0, 0.05) is 37.6 Å². The van der Waals surface area contributed by atoms with Gasteiger partial charge in [-0.1, -0.05) is 29.8 Å². The van der Waals surface area contributed by atoms with Crippen LogP contribution >= 0.6 is 22.9 Å². The lowest BCUT2D eigenvalue weighted by molar-refractivity contribution is -0.133. The third kappa shape index (κ3) is 6.67. The average molecular weight is 567 g/mol. The van der Waals surface area contributed by atoms with E-state index in [9.17, 15) is 9.59 Å². The first-order valence-electron chi connectivity index (χ1n) is 12.9. The second-order valence-corrected chi connectivity index (χ2v) is 10.8. The molecule has 3 heterocycles. The zero-order valence-electron chi connectivity index (χ0n) is 21.8. The van der Waals surface area contributed by atoms with Crippen LogP contribution in [0.3, 0.4) is 0 Å². The Morgan fingerprint density at radius 3 is 2.51 bits per heavy atom. The van der Waals surface area contributed by atoms with Gasteiger partial charge in [0.2, 0.25) is 0 Å². The number of thiophene rings is 1. The molecule has 0 N–H and O–H groups in total. The topological polar surface area (TPSA) is 74.7 Å². The second-order valence-electron chi connectivity index (χ2n) is 9.44. The quantitative estimate of drug-likeness (QED) is 0.379. The Kier molecular flexibility index (Phi) is 8.93. The highest BCUT2D eigenvalue weighted by Gasteiger charge is 2.34. The molecule has 1 fully saturated rings. The number of rotatable bonds is 9. The third-order valence-electron chi connectivity index (χ3n) is 6.98. The van der Waals surface area contributed by atoms with Gasteiger partial charge < -0.3 is 14.4 Å². The third-order valence-corrected chi connectivity index (χ3v) is 8.09. The zero-order chi connectivity index (χ0) is 27.2. The average Bonchev–Trinajstić information content (AvgIpc) is 3.67. The van der Waals surface area contributed by atoms with Crippen molar-refractivity contribution in [1.82, 2.24) is 14.8 Å². The SMILES string of the molecule is COc1ccc(C2=NN(C(=O)CN(CCN3CCOCC3)C(=O)c3cccs3)[C@@H](c3ccc(Cl)cc3)C2)cc1. The molecule has 10 heteroatoms. The van der Waals surface area contributed by atoms with Crippen molar-refractivity contribution in [2.45, 2.75) is 12.5 Å². The maximum Gasteiger partial charge on any atom is 0.264 e. The van der Waals surface area contributed by atoms with Crippen LogP contribution in [0.5, 0.6) is 5.75 Å². The molecule has 0 aliphatic carbocycles. The lowest BCUT2D eigenvalue weighted by Gasteiger charge is -2.31. The summed E-state index contributed by atoms with van der Waals surface area (Å²) in [6.07, 6.45) is 0.548. The van der Waals surface area contributed by atoms with Crippen molar-refractivity contribution in [3.8, 4) is 5.75 Å². The summed E-state index contributed by atoms with van der Waals surface area (Å²) in [5, 5.41) is 8.82. The van der Waals surface area contributed by atoms with E-state index in [0.29, 0.717) is 42.6 Å². The second kappa shape index (κ2) is 12.7. The highest BCUT2D eigenvalue weighted by molar-refractivity contribution is 7.12. The summed E-state index contributed by atoms with van der Waals surface area (Å²) in [6.45, 7) is 4.04. The molecular weight excluding hydrogens is 536 g/mol. The van der Waals surface area contributed by atoms with Gasteiger partial charge in [-0.15, -0.1) is 11.3 Å². The molecule has 1 aromatic heterocycles. The first-order valence-corrected chi connectivity index (χ1v) is 14.2. The number of morpholine rings is 1. The van der Waals surface area contributed by atoms with Crippen LogP contribution in [0, 0.1) is 0 Å². The van der Waals surface area contributed by atoms with Crippen LogP contribution in [0.15, 0.2) is 71.1 Å². The predicted molar refractivity (Wildman–Crippen MR) is 153 cm³/mol. The Morgan fingerprint density at radius 2 is 1.85 bits per heavy atom. The fourth-order valence-electron chi connectivity index (χ4n) is 4.77. The maximum atomic E-state index is 13.9. The minimum atomic E-state index is -0.301. The van der Waals surface area contributed by atoms with Crippen LogP contribution in [0.25, 0.3) is 0 Å². The van der Waals surface area contributed by atoms with Gasteiger partial charge in [0.15, 0.2) is 0 Å². The Labute approximate surface area is 237 Å². The van der Waals surface area contributed by atoms with Crippen LogP contribution in [-0.2, 0) is 9.53 Å². The molecule has 2 aliphatic heterocycles. The number of hydrogen-bond acceptors (Lipinski definition) is 7. The summed E-state index contributed by atoms with van der Waals surface area (Å²) in [5.74, 6) is 0.376.